The van der Waals surface area contributed by atoms with Crippen LogP contribution in [0.2, 0.25) is 6.55 Å². The Bertz CT molecular complexity index is 1400. The molecule has 0 amide bonds. The summed E-state index contributed by atoms with van der Waals surface area (Å²) in [4.78, 5) is 0. The molecule has 209 valence electrons. The number of fused-ring (bicyclic) bond motifs is 2. The van der Waals surface area contributed by atoms with Gasteiger partial charge in [-0.05, 0) is 24.0 Å². The first-order valence-corrected chi connectivity index (χ1v) is 14.7. The SMILES string of the molecule is CC.CCc1cc2c(-c3ccccc3)cccc2[cH-]1.CCc1cc2c(-c3ccccc3)cccc2[cH-]1.C[Si].[Cl-].[Cl-].[Zr+4]. The van der Waals surface area contributed by atoms with Gasteiger partial charge in [0.25, 0.3) is 0 Å². The molecule has 6 aromatic carbocycles. The van der Waals surface area contributed by atoms with Crippen molar-refractivity contribution in [2.24, 2.45) is 0 Å². The second kappa shape index (κ2) is 20.6. The monoisotopic (exact) mass is 671 g/mol. The van der Waals surface area contributed by atoms with E-state index in [4.69, 9.17) is 0 Å². The first-order chi connectivity index (χ1) is 18.8. The summed E-state index contributed by atoms with van der Waals surface area (Å²) in [5.74, 6) is 0. The fraction of sp³-hybridized carbons (Fsp3) is 0.189. The fourth-order valence-electron chi connectivity index (χ4n) is 4.74. The minimum Gasteiger partial charge on any atom is -1.00 e. The third kappa shape index (κ3) is 9.93. The van der Waals surface area contributed by atoms with Gasteiger partial charge in [0, 0.05) is 10.2 Å². The molecule has 0 aliphatic rings. The van der Waals surface area contributed by atoms with Gasteiger partial charge in [-0.3, -0.25) is 0 Å². The summed E-state index contributed by atoms with van der Waals surface area (Å²) in [7, 11) is 2.97. The van der Waals surface area contributed by atoms with Crippen LogP contribution >= 0.6 is 0 Å². The molecule has 4 heteroatoms. The molecule has 0 atom stereocenters. The second-order valence-electron chi connectivity index (χ2n) is 8.78. The van der Waals surface area contributed by atoms with Crippen molar-refractivity contribution in [3.63, 3.8) is 0 Å². The Labute approximate surface area is 282 Å². The Balaban J connectivity index is 0.000000654. The standard InChI is InChI=1S/2C17H15.C2H6.CH3Si.2ClH.Zr/c2*1-2-13-11-15-9-6-10-16(17(15)12-13)14-7-4-3-5-8-14;2*1-2;;;/h2*3-12H,2H2,1H3;1-2H3;1H3;2*1H;/q2*-1;;;;;+4/p-2. The van der Waals surface area contributed by atoms with Crippen molar-refractivity contribution in [1.82, 2.24) is 0 Å². The number of benzene rings is 4. The van der Waals surface area contributed by atoms with Gasteiger partial charge in [-0.2, -0.15) is 12.1 Å². The maximum Gasteiger partial charge on any atom is 4.00 e. The summed E-state index contributed by atoms with van der Waals surface area (Å²) in [5.41, 5.74) is 8.11. The van der Waals surface area contributed by atoms with Gasteiger partial charge in [-0.25, -0.2) is 0 Å². The van der Waals surface area contributed by atoms with Crippen molar-refractivity contribution in [2.75, 3.05) is 0 Å². The number of hydrogen-bond acceptors (Lipinski definition) is 0. The summed E-state index contributed by atoms with van der Waals surface area (Å²) in [6, 6.07) is 43.5. The van der Waals surface area contributed by atoms with Crippen LogP contribution in [0.25, 0.3) is 43.8 Å². The van der Waals surface area contributed by atoms with Crippen molar-refractivity contribution in [3.8, 4) is 22.3 Å². The van der Waals surface area contributed by atoms with Crippen LogP contribution in [0.1, 0.15) is 38.8 Å². The smallest absolute Gasteiger partial charge is 1.00 e. The first kappa shape index (κ1) is 38.8. The molecular weight excluding hydrogens is 635 g/mol. The van der Waals surface area contributed by atoms with E-state index in [1.807, 2.05) is 13.8 Å². The second-order valence-corrected chi connectivity index (χ2v) is 8.78. The molecule has 0 fully saturated rings. The van der Waals surface area contributed by atoms with E-state index >= 15 is 0 Å². The third-order valence-corrected chi connectivity index (χ3v) is 6.61. The molecule has 0 aliphatic carbocycles. The fourth-order valence-corrected chi connectivity index (χ4v) is 4.74. The van der Waals surface area contributed by atoms with Gasteiger partial charge in [-0.15, -0.1) is 69.1 Å². The van der Waals surface area contributed by atoms with E-state index in [1.165, 1.54) is 54.9 Å². The van der Waals surface area contributed by atoms with Crippen LogP contribution in [0.15, 0.2) is 121 Å². The van der Waals surface area contributed by atoms with E-state index in [0.717, 1.165) is 12.8 Å². The van der Waals surface area contributed by atoms with E-state index in [2.05, 4.69) is 145 Å². The van der Waals surface area contributed by atoms with Gasteiger partial charge < -0.3 is 24.8 Å². The molecule has 6 rings (SSSR count). The van der Waals surface area contributed by atoms with Gasteiger partial charge in [-0.1, -0.05) is 118 Å². The predicted octanol–water partition coefficient (Wildman–Crippen LogP) is 4.81. The van der Waals surface area contributed by atoms with Crippen LogP contribution in [-0.4, -0.2) is 10.2 Å². The molecule has 0 heterocycles. The maximum absolute atomic E-state index is 2.97. The van der Waals surface area contributed by atoms with Gasteiger partial charge in [0.15, 0.2) is 0 Å². The number of hydrogen-bond donors (Lipinski definition) is 0. The van der Waals surface area contributed by atoms with Crippen molar-refractivity contribution in [2.45, 2.75) is 47.1 Å². The molecule has 0 spiro atoms. The topological polar surface area (TPSA) is 0 Å². The van der Waals surface area contributed by atoms with Crippen LogP contribution < -0.4 is 24.8 Å². The van der Waals surface area contributed by atoms with Crippen LogP contribution in [0.4, 0.5) is 0 Å². The van der Waals surface area contributed by atoms with Gasteiger partial charge >= 0.3 is 26.2 Å². The molecule has 6 aromatic rings. The van der Waals surface area contributed by atoms with Crippen molar-refractivity contribution in [3.05, 3.63) is 132 Å². The zero-order chi connectivity index (χ0) is 27.3. The summed E-state index contributed by atoms with van der Waals surface area (Å²) < 4.78 is 0. The van der Waals surface area contributed by atoms with Crippen molar-refractivity contribution >= 4 is 31.8 Å². The molecule has 0 aliphatic heterocycles. The molecule has 0 saturated heterocycles. The van der Waals surface area contributed by atoms with E-state index in [-0.39, 0.29) is 51.0 Å². The van der Waals surface area contributed by atoms with Crippen molar-refractivity contribution < 1.29 is 51.0 Å². The summed E-state index contributed by atoms with van der Waals surface area (Å²) >= 11 is 0. The Morgan fingerprint density at radius 3 is 1.17 bits per heavy atom. The summed E-state index contributed by atoms with van der Waals surface area (Å²) in [5, 5.41) is 5.44. The largest absolute Gasteiger partial charge is 4.00 e. The maximum atomic E-state index is 2.97. The number of aryl methyl sites for hydroxylation is 2. The summed E-state index contributed by atoms with van der Waals surface area (Å²) in [6.45, 7) is 10.2. The van der Waals surface area contributed by atoms with Gasteiger partial charge in [0.05, 0.1) is 0 Å². The Morgan fingerprint density at radius 2 is 0.854 bits per heavy atom. The molecule has 0 bridgehead atoms. The molecule has 0 N–H and O–H groups in total. The van der Waals surface area contributed by atoms with Crippen LogP contribution in [0, 0.1) is 0 Å². The first-order valence-electron chi connectivity index (χ1n) is 13.7. The molecule has 0 aromatic heterocycles. The third-order valence-electron chi connectivity index (χ3n) is 6.61. The molecule has 3 radical (unpaired) electrons. The average molecular weight is 674 g/mol. The van der Waals surface area contributed by atoms with E-state index in [0.29, 0.717) is 0 Å². The Kier molecular flexibility index (Phi) is 19.5. The van der Waals surface area contributed by atoms with Crippen LogP contribution in [0.5, 0.6) is 0 Å². The minimum absolute atomic E-state index is 0. The normalized spacial score (nSPS) is 9.32. The minimum atomic E-state index is 0. The molecular formula is C37H39Cl2SiZr. The molecule has 0 unspecified atom stereocenters. The molecule has 0 saturated carbocycles. The zero-order valence-corrected chi connectivity index (χ0v) is 29.7. The number of halogens is 2. The van der Waals surface area contributed by atoms with Gasteiger partial charge in [0.1, 0.15) is 0 Å². The number of rotatable bonds is 4. The van der Waals surface area contributed by atoms with Crippen LogP contribution in [-0.2, 0) is 39.0 Å². The van der Waals surface area contributed by atoms with E-state index in [9.17, 15) is 0 Å². The average Bonchev–Trinajstić information content (AvgIpc) is 3.64. The quantitative estimate of drug-likeness (QED) is 0.186. The van der Waals surface area contributed by atoms with E-state index < -0.39 is 0 Å². The Hall–Kier alpha value is -2.22. The van der Waals surface area contributed by atoms with E-state index in [1.54, 1.807) is 6.55 Å². The summed E-state index contributed by atoms with van der Waals surface area (Å²) in [6.07, 6.45) is 2.20. The van der Waals surface area contributed by atoms with Crippen LogP contribution in [0.3, 0.4) is 0 Å². The zero-order valence-electron chi connectivity index (χ0n) is 24.7. The van der Waals surface area contributed by atoms with Gasteiger partial charge in [0.2, 0.25) is 0 Å². The van der Waals surface area contributed by atoms with Crippen molar-refractivity contribution in [1.29, 1.82) is 0 Å². The predicted molar refractivity (Wildman–Crippen MR) is 172 cm³/mol. The Morgan fingerprint density at radius 1 is 0.512 bits per heavy atom. The molecule has 0 nitrogen and oxygen atoms in total. The molecule has 41 heavy (non-hydrogen) atoms.